The van der Waals surface area contributed by atoms with Gasteiger partial charge in [-0.1, -0.05) is 11.6 Å². The van der Waals surface area contributed by atoms with Crippen LogP contribution in [0.1, 0.15) is 17.3 Å². The molecule has 1 N–H and O–H groups in total. The lowest BCUT2D eigenvalue weighted by atomic mass is 10.1. The Morgan fingerprint density at radius 1 is 1.58 bits per heavy atom. The Bertz CT molecular complexity index is 487. The second-order valence-electron chi connectivity index (χ2n) is 4.35. The second kappa shape index (κ2) is 6.88. The van der Waals surface area contributed by atoms with E-state index < -0.39 is 5.82 Å². The predicted molar refractivity (Wildman–Crippen MR) is 79.7 cm³/mol. The van der Waals surface area contributed by atoms with Crippen LogP contribution in [-0.4, -0.2) is 36.5 Å². The molecule has 1 aromatic carbocycles. The van der Waals surface area contributed by atoms with Crippen LogP contribution in [0.2, 0.25) is 5.02 Å². The molecule has 106 valence electrons. The van der Waals surface area contributed by atoms with Crippen molar-refractivity contribution in [1.82, 2.24) is 10.2 Å². The highest BCUT2D eigenvalue weighted by Crippen LogP contribution is 2.26. The SMILES string of the molecule is C[C@H]1CN(C(=O)c2cc(F)c(Br)cc2Cl)CCN1.Cl. The van der Waals surface area contributed by atoms with Crippen LogP contribution in [0, 0.1) is 5.82 Å². The Balaban J connectivity index is 0.00000180. The van der Waals surface area contributed by atoms with Gasteiger partial charge in [0, 0.05) is 25.7 Å². The molecular weight excluding hydrogens is 358 g/mol. The third kappa shape index (κ3) is 3.81. The summed E-state index contributed by atoms with van der Waals surface area (Å²) in [5.74, 6) is -0.703. The molecule has 19 heavy (non-hydrogen) atoms. The lowest BCUT2D eigenvalue weighted by molar-refractivity contribution is 0.0709. The normalized spacial score (nSPS) is 18.9. The van der Waals surface area contributed by atoms with E-state index in [1.807, 2.05) is 6.92 Å². The number of nitrogens with one attached hydrogen (secondary N) is 1. The van der Waals surface area contributed by atoms with Gasteiger partial charge >= 0.3 is 0 Å². The van der Waals surface area contributed by atoms with E-state index in [2.05, 4.69) is 21.2 Å². The van der Waals surface area contributed by atoms with Gasteiger partial charge in [-0.2, -0.15) is 0 Å². The number of hydrogen-bond acceptors (Lipinski definition) is 2. The zero-order valence-corrected chi connectivity index (χ0v) is 13.4. The molecule has 1 aliphatic rings. The van der Waals surface area contributed by atoms with Crippen LogP contribution >= 0.6 is 39.9 Å². The highest BCUT2D eigenvalue weighted by Gasteiger charge is 2.24. The molecule has 0 unspecified atom stereocenters. The molecule has 3 nitrogen and oxygen atoms in total. The summed E-state index contributed by atoms with van der Waals surface area (Å²) in [5.41, 5.74) is 0.214. The number of hydrogen-bond donors (Lipinski definition) is 1. The van der Waals surface area contributed by atoms with Crippen molar-refractivity contribution in [2.75, 3.05) is 19.6 Å². The van der Waals surface area contributed by atoms with Crippen molar-refractivity contribution in [3.63, 3.8) is 0 Å². The maximum atomic E-state index is 13.5. The molecule has 0 bridgehead atoms. The molecule has 1 atom stereocenters. The number of benzene rings is 1. The second-order valence-corrected chi connectivity index (χ2v) is 5.61. The molecule has 1 fully saturated rings. The quantitative estimate of drug-likeness (QED) is 0.769. The number of carbonyl (C=O) groups is 1. The van der Waals surface area contributed by atoms with Crippen molar-refractivity contribution in [1.29, 1.82) is 0 Å². The minimum atomic E-state index is -0.481. The van der Waals surface area contributed by atoms with E-state index >= 15 is 0 Å². The van der Waals surface area contributed by atoms with Gasteiger partial charge in [0.1, 0.15) is 5.82 Å². The van der Waals surface area contributed by atoms with Gasteiger partial charge in [-0.05, 0) is 35.0 Å². The largest absolute Gasteiger partial charge is 0.336 e. The molecule has 0 spiro atoms. The number of rotatable bonds is 1. The van der Waals surface area contributed by atoms with Crippen LogP contribution in [0.4, 0.5) is 4.39 Å². The Labute approximate surface area is 131 Å². The van der Waals surface area contributed by atoms with Gasteiger partial charge in [-0.25, -0.2) is 4.39 Å². The monoisotopic (exact) mass is 370 g/mol. The number of amides is 1. The van der Waals surface area contributed by atoms with Crippen molar-refractivity contribution >= 4 is 45.8 Å². The van der Waals surface area contributed by atoms with E-state index in [0.717, 1.165) is 6.54 Å². The van der Waals surface area contributed by atoms with Crippen molar-refractivity contribution in [2.24, 2.45) is 0 Å². The first kappa shape index (κ1) is 16.7. The van der Waals surface area contributed by atoms with Crippen LogP contribution in [-0.2, 0) is 0 Å². The summed E-state index contributed by atoms with van der Waals surface area (Å²) in [5, 5.41) is 3.51. The zero-order valence-electron chi connectivity index (χ0n) is 10.3. The average molecular weight is 372 g/mol. The zero-order chi connectivity index (χ0) is 13.3. The van der Waals surface area contributed by atoms with Crippen LogP contribution < -0.4 is 5.32 Å². The van der Waals surface area contributed by atoms with Crippen molar-refractivity contribution in [2.45, 2.75) is 13.0 Å². The van der Waals surface area contributed by atoms with Gasteiger partial charge in [0.2, 0.25) is 0 Å². The first-order valence-corrected chi connectivity index (χ1v) is 6.83. The van der Waals surface area contributed by atoms with Crippen molar-refractivity contribution in [3.05, 3.63) is 33.0 Å². The summed E-state index contributed by atoms with van der Waals surface area (Å²) in [6.07, 6.45) is 0. The van der Waals surface area contributed by atoms with Gasteiger partial charge < -0.3 is 10.2 Å². The standard InChI is InChI=1S/C12H13BrClFN2O.ClH/c1-7-6-17(3-2-16-7)12(18)8-4-11(15)9(13)5-10(8)14;/h4-5,7,16H,2-3,6H2,1H3;1H/t7-;/m0./s1. The molecule has 0 radical (unpaired) electrons. The van der Waals surface area contributed by atoms with E-state index in [-0.39, 0.29) is 39.4 Å². The van der Waals surface area contributed by atoms with Crippen LogP contribution in [0.5, 0.6) is 0 Å². The van der Waals surface area contributed by atoms with Crippen LogP contribution in [0.3, 0.4) is 0 Å². The molecule has 0 aliphatic carbocycles. The highest BCUT2D eigenvalue weighted by atomic mass is 79.9. The molecule has 7 heteroatoms. The molecule has 0 aromatic heterocycles. The average Bonchev–Trinajstić information content (AvgIpc) is 2.33. The topological polar surface area (TPSA) is 32.3 Å². The Kier molecular flexibility index (Phi) is 6.05. The summed E-state index contributed by atoms with van der Waals surface area (Å²) in [6, 6.07) is 2.83. The lowest BCUT2D eigenvalue weighted by Crippen LogP contribution is -2.51. The van der Waals surface area contributed by atoms with Crippen molar-refractivity contribution < 1.29 is 9.18 Å². The van der Waals surface area contributed by atoms with Crippen LogP contribution in [0.15, 0.2) is 16.6 Å². The summed E-state index contributed by atoms with van der Waals surface area (Å²) >= 11 is 9.03. The van der Waals surface area contributed by atoms with E-state index in [0.29, 0.717) is 13.1 Å². The minimum absolute atomic E-state index is 0. The molecule has 2 rings (SSSR count). The minimum Gasteiger partial charge on any atom is -0.336 e. The molecule has 1 aromatic rings. The lowest BCUT2D eigenvalue weighted by Gasteiger charge is -2.32. The molecule has 0 saturated carbocycles. The number of nitrogens with zero attached hydrogens (tertiary/aromatic N) is 1. The van der Waals surface area contributed by atoms with E-state index in [1.165, 1.54) is 12.1 Å². The maximum Gasteiger partial charge on any atom is 0.255 e. The summed E-state index contributed by atoms with van der Waals surface area (Å²) in [4.78, 5) is 14.0. The summed E-state index contributed by atoms with van der Waals surface area (Å²) < 4.78 is 13.7. The highest BCUT2D eigenvalue weighted by molar-refractivity contribution is 9.10. The fourth-order valence-corrected chi connectivity index (χ4v) is 2.69. The van der Waals surface area contributed by atoms with Crippen LogP contribution in [0.25, 0.3) is 0 Å². The Morgan fingerprint density at radius 3 is 2.89 bits per heavy atom. The third-order valence-corrected chi connectivity index (χ3v) is 3.82. The van der Waals surface area contributed by atoms with Gasteiger partial charge in [-0.15, -0.1) is 12.4 Å². The first-order chi connectivity index (χ1) is 8.49. The molecule has 1 saturated heterocycles. The smallest absolute Gasteiger partial charge is 0.255 e. The van der Waals surface area contributed by atoms with E-state index in [4.69, 9.17) is 11.6 Å². The van der Waals surface area contributed by atoms with Gasteiger partial charge in [0.05, 0.1) is 15.1 Å². The van der Waals surface area contributed by atoms with Gasteiger partial charge in [-0.3, -0.25) is 4.79 Å². The van der Waals surface area contributed by atoms with E-state index in [1.54, 1.807) is 4.90 Å². The molecule has 1 heterocycles. The summed E-state index contributed by atoms with van der Waals surface area (Å²) in [6.45, 7) is 3.96. The van der Waals surface area contributed by atoms with Gasteiger partial charge in [0.25, 0.3) is 5.91 Å². The number of carbonyl (C=O) groups excluding carboxylic acids is 1. The summed E-state index contributed by atoms with van der Waals surface area (Å²) in [7, 11) is 0. The molecule has 1 aliphatic heterocycles. The first-order valence-electron chi connectivity index (χ1n) is 5.66. The maximum absolute atomic E-state index is 13.5. The fraction of sp³-hybridized carbons (Fsp3) is 0.417. The van der Waals surface area contributed by atoms with E-state index in [9.17, 15) is 9.18 Å². The predicted octanol–water partition coefficient (Wildman–Crippen LogP) is 3.10. The number of piperazine rings is 1. The molecular formula is C12H14BrCl2FN2O. The Morgan fingerprint density at radius 2 is 2.26 bits per heavy atom. The third-order valence-electron chi connectivity index (χ3n) is 2.90. The number of halogens is 4. The van der Waals surface area contributed by atoms with Gasteiger partial charge in [0.15, 0.2) is 0 Å². The molecule has 1 amide bonds. The van der Waals surface area contributed by atoms with Crippen molar-refractivity contribution in [3.8, 4) is 0 Å². The Hall–Kier alpha value is -0.360. The fourth-order valence-electron chi connectivity index (χ4n) is 1.97.